The smallest absolute Gasteiger partial charge is 0.407 e. The normalized spacial score (nSPS) is 14.7. The summed E-state index contributed by atoms with van der Waals surface area (Å²) in [6.07, 6.45) is 2.31. The number of hydrogen-bond donors (Lipinski definition) is 2. The fourth-order valence-corrected chi connectivity index (χ4v) is 4.75. The Morgan fingerprint density at radius 2 is 1.50 bits per heavy atom. The molecule has 2 N–H and O–H groups in total. The van der Waals surface area contributed by atoms with E-state index in [-0.39, 0.29) is 18.9 Å². The number of allylic oxidation sites excluding steroid dienone is 1. The Balaban J connectivity index is 1.26. The van der Waals surface area contributed by atoms with Crippen LogP contribution in [-0.2, 0) is 16.0 Å². The zero-order valence-electron chi connectivity index (χ0n) is 17.5. The van der Waals surface area contributed by atoms with E-state index in [2.05, 4.69) is 17.4 Å². The molecule has 0 heterocycles. The third kappa shape index (κ3) is 3.66. The van der Waals surface area contributed by atoms with Gasteiger partial charge >= 0.3 is 12.1 Å². The second-order valence-electron chi connectivity index (χ2n) is 8.16. The molecule has 2 aliphatic rings. The van der Waals surface area contributed by atoms with Gasteiger partial charge in [0.2, 0.25) is 0 Å². The van der Waals surface area contributed by atoms with Gasteiger partial charge in [-0.1, -0.05) is 78.9 Å². The van der Waals surface area contributed by atoms with Crippen molar-refractivity contribution in [3.8, 4) is 11.1 Å². The molecule has 0 fully saturated rings. The Labute approximate surface area is 186 Å². The highest BCUT2D eigenvalue weighted by Crippen LogP contribution is 2.44. The molecule has 0 radical (unpaired) electrons. The fraction of sp³-hybridized carbons (Fsp3) is 0.185. The maximum Gasteiger partial charge on any atom is 0.407 e. The summed E-state index contributed by atoms with van der Waals surface area (Å²) in [6.45, 7) is 0.151. The first-order valence-electron chi connectivity index (χ1n) is 10.7. The van der Waals surface area contributed by atoms with E-state index in [1.54, 1.807) is 0 Å². The maximum absolute atomic E-state index is 12.5. The van der Waals surface area contributed by atoms with Crippen molar-refractivity contribution in [2.75, 3.05) is 6.61 Å². The number of amides is 1. The van der Waals surface area contributed by atoms with Gasteiger partial charge in [-0.25, -0.2) is 9.59 Å². The zero-order chi connectivity index (χ0) is 22.1. The Hall–Kier alpha value is -3.86. The summed E-state index contributed by atoms with van der Waals surface area (Å²) in [5, 5.41) is 12.2. The summed E-state index contributed by atoms with van der Waals surface area (Å²) in [4.78, 5) is 24.4. The number of rotatable bonds is 6. The van der Waals surface area contributed by atoms with E-state index in [4.69, 9.17) is 4.74 Å². The van der Waals surface area contributed by atoms with E-state index < -0.39 is 18.1 Å². The molecule has 5 nitrogen and oxygen atoms in total. The van der Waals surface area contributed by atoms with Gasteiger partial charge in [0.05, 0.1) is 0 Å². The summed E-state index contributed by atoms with van der Waals surface area (Å²) in [5.74, 6) is -1.15. The molecular weight excluding hydrogens is 402 g/mol. The van der Waals surface area contributed by atoms with Crippen LogP contribution in [-0.4, -0.2) is 29.8 Å². The van der Waals surface area contributed by atoms with Gasteiger partial charge < -0.3 is 15.2 Å². The SMILES string of the molecule is O=C(N[C@@H](CC1=CCc2ccccc21)C(=O)O)OCC1c2ccccc2-c2ccccc21. The van der Waals surface area contributed by atoms with Gasteiger partial charge in [-0.2, -0.15) is 0 Å². The van der Waals surface area contributed by atoms with Gasteiger partial charge in [-0.3, -0.25) is 0 Å². The molecule has 3 aromatic carbocycles. The highest BCUT2D eigenvalue weighted by atomic mass is 16.5. The molecule has 0 aliphatic heterocycles. The minimum absolute atomic E-state index is 0.0687. The van der Waals surface area contributed by atoms with Gasteiger partial charge in [-0.15, -0.1) is 0 Å². The van der Waals surface area contributed by atoms with Crippen LogP contribution in [0.25, 0.3) is 16.7 Å². The van der Waals surface area contributed by atoms with Crippen LogP contribution in [0.3, 0.4) is 0 Å². The lowest BCUT2D eigenvalue weighted by molar-refractivity contribution is -0.139. The second kappa shape index (κ2) is 8.35. The average Bonchev–Trinajstić information content (AvgIpc) is 3.36. The standard InChI is InChI=1S/C27H23NO4/c29-26(30)25(15-18-14-13-17-7-1-2-8-19(17)18)28-27(31)32-16-24-22-11-5-3-9-20(22)21-10-4-6-12-23(21)24/h1-12,14,24-25H,13,15-16H2,(H,28,31)(H,29,30)/t25-/m0/s1. The highest BCUT2D eigenvalue weighted by molar-refractivity contribution is 5.84. The van der Waals surface area contributed by atoms with Crippen LogP contribution in [0.5, 0.6) is 0 Å². The summed E-state index contributed by atoms with van der Waals surface area (Å²) < 4.78 is 5.52. The molecule has 32 heavy (non-hydrogen) atoms. The number of carbonyl (C=O) groups is 2. The summed E-state index contributed by atoms with van der Waals surface area (Å²) in [7, 11) is 0. The minimum Gasteiger partial charge on any atom is -0.480 e. The van der Waals surface area contributed by atoms with Crippen molar-refractivity contribution in [1.29, 1.82) is 0 Å². The van der Waals surface area contributed by atoms with Gasteiger partial charge in [0.15, 0.2) is 0 Å². The Morgan fingerprint density at radius 1 is 0.906 bits per heavy atom. The van der Waals surface area contributed by atoms with Crippen molar-refractivity contribution >= 4 is 17.6 Å². The van der Waals surface area contributed by atoms with Gasteiger partial charge in [0.25, 0.3) is 0 Å². The van der Waals surface area contributed by atoms with Crippen molar-refractivity contribution in [2.45, 2.75) is 24.8 Å². The number of alkyl carbamates (subject to hydrolysis) is 1. The van der Waals surface area contributed by atoms with E-state index in [1.165, 1.54) is 5.56 Å². The first-order valence-corrected chi connectivity index (χ1v) is 10.7. The lowest BCUT2D eigenvalue weighted by Crippen LogP contribution is -2.41. The number of hydrogen-bond acceptors (Lipinski definition) is 3. The van der Waals surface area contributed by atoms with Crippen molar-refractivity contribution in [1.82, 2.24) is 5.32 Å². The molecule has 5 rings (SSSR count). The molecule has 5 heteroatoms. The Morgan fingerprint density at radius 3 is 2.16 bits per heavy atom. The van der Waals surface area contributed by atoms with E-state index in [0.717, 1.165) is 39.8 Å². The van der Waals surface area contributed by atoms with Gasteiger partial charge in [-0.05, 0) is 45.4 Å². The number of aliphatic carboxylic acids is 1. The number of benzene rings is 3. The third-order valence-electron chi connectivity index (χ3n) is 6.29. The molecule has 0 bridgehead atoms. The first kappa shape index (κ1) is 20.1. The maximum atomic E-state index is 12.5. The fourth-order valence-electron chi connectivity index (χ4n) is 4.75. The van der Waals surface area contributed by atoms with Crippen LogP contribution in [0, 0.1) is 0 Å². The predicted octanol–water partition coefficient (Wildman–Crippen LogP) is 5.01. The van der Waals surface area contributed by atoms with Crippen LogP contribution in [0.1, 0.15) is 34.6 Å². The zero-order valence-corrected chi connectivity index (χ0v) is 17.5. The van der Waals surface area contributed by atoms with Crippen LogP contribution in [0.15, 0.2) is 78.9 Å². The summed E-state index contributed by atoms with van der Waals surface area (Å²) in [5.41, 5.74) is 7.68. The van der Waals surface area contributed by atoms with Crippen molar-refractivity contribution < 1.29 is 19.4 Å². The topological polar surface area (TPSA) is 75.6 Å². The molecule has 0 unspecified atom stereocenters. The molecule has 3 aromatic rings. The molecule has 0 aromatic heterocycles. The largest absolute Gasteiger partial charge is 0.480 e. The van der Waals surface area contributed by atoms with Crippen molar-refractivity contribution in [2.24, 2.45) is 0 Å². The molecule has 0 saturated heterocycles. The van der Waals surface area contributed by atoms with E-state index >= 15 is 0 Å². The number of carbonyl (C=O) groups excluding carboxylic acids is 1. The first-order chi connectivity index (χ1) is 15.6. The monoisotopic (exact) mass is 425 g/mol. The van der Waals surface area contributed by atoms with Crippen molar-refractivity contribution in [3.63, 3.8) is 0 Å². The number of carboxylic acid groups (broad SMARTS) is 1. The Bertz CT molecular complexity index is 1180. The van der Waals surface area contributed by atoms with Gasteiger partial charge in [0.1, 0.15) is 12.6 Å². The van der Waals surface area contributed by atoms with Crippen LogP contribution < -0.4 is 5.32 Å². The third-order valence-corrected chi connectivity index (χ3v) is 6.29. The Kier molecular flexibility index (Phi) is 5.23. The quantitative estimate of drug-likeness (QED) is 0.582. The number of ether oxygens (including phenoxy) is 1. The van der Waals surface area contributed by atoms with E-state index in [0.29, 0.717) is 0 Å². The molecule has 1 amide bonds. The molecule has 0 spiro atoms. The van der Waals surface area contributed by atoms with Crippen LogP contribution in [0.2, 0.25) is 0 Å². The lowest BCUT2D eigenvalue weighted by Gasteiger charge is -2.18. The van der Waals surface area contributed by atoms with Gasteiger partial charge in [0, 0.05) is 12.3 Å². The molecular formula is C27H23NO4. The number of carboxylic acids is 1. The molecule has 2 aliphatic carbocycles. The predicted molar refractivity (Wildman–Crippen MR) is 122 cm³/mol. The molecule has 1 atom stereocenters. The number of fused-ring (bicyclic) bond motifs is 4. The van der Waals surface area contributed by atoms with Crippen LogP contribution >= 0.6 is 0 Å². The second-order valence-corrected chi connectivity index (χ2v) is 8.16. The molecule has 160 valence electrons. The average molecular weight is 425 g/mol. The van der Waals surface area contributed by atoms with Crippen LogP contribution in [0.4, 0.5) is 4.79 Å². The van der Waals surface area contributed by atoms with E-state index in [1.807, 2.05) is 66.7 Å². The summed E-state index contributed by atoms with van der Waals surface area (Å²) in [6, 6.07) is 23.1. The summed E-state index contributed by atoms with van der Waals surface area (Å²) >= 11 is 0. The minimum atomic E-state index is -1.08. The van der Waals surface area contributed by atoms with Crippen molar-refractivity contribution in [3.05, 3.63) is 101 Å². The molecule has 0 saturated carbocycles. The highest BCUT2D eigenvalue weighted by Gasteiger charge is 2.30. The van der Waals surface area contributed by atoms with E-state index in [9.17, 15) is 14.7 Å². The number of nitrogens with one attached hydrogen (secondary N) is 1. The lowest BCUT2D eigenvalue weighted by atomic mass is 9.98.